The van der Waals surface area contributed by atoms with Gasteiger partial charge in [0, 0.05) is 18.6 Å². The third-order valence-electron chi connectivity index (χ3n) is 0.640. The summed E-state index contributed by atoms with van der Waals surface area (Å²) >= 11 is 5.23. The van der Waals surface area contributed by atoms with Crippen LogP contribution in [0.4, 0.5) is 0 Å². The Balaban J connectivity index is 2.82. The molecule has 0 spiro atoms. The minimum atomic E-state index is 0.815. The van der Waals surface area contributed by atoms with Gasteiger partial charge < -0.3 is 5.32 Å². The highest BCUT2D eigenvalue weighted by Crippen LogP contribution is 1.74. The Hall–Kier alpha value is -0.270. The van der Waals surface area contributed by atoms with Gasteiger partial charge in [-0.2, -0.15) is 0 Å². The van der Waals surface area contributed by atoms with Gasteiger partial charge in [-0.05, 0) is 0 Å². The van der Waals surface area contributed by atoms with E-state index in [2.05, 4.69) is 11.9 Å². The quantitative estimate of drug-likeness (QED) is 0.451. The van der Waals surface area contributed by atoms with E-state index in [0.29, 0.717) is 0 Å². The molecule has 0 aromatic heterocycles. The molecule has 0 amide bonds. The average molecular weight is 132 g/mol. The zero-order chi connectivity index (χ0) is 6.24. The first-order valence-electron chi connectivity index (χ1n) is 2.48. The molecule has 0 fully saturated rings. The van der Waals surface area contributed by atoms with E-state index >= 15 is 0 Å². The second-order valence-electron chi connectivity index (χ2n) is 1.31. The van der Waals surface area contributed by atoms with Gasteiger partial charge in [-0.25, -0.2) is 0 Å². The topological polar surface area (TPSA) is 12.0 Å². The fourth-order valence-corrected chi connectivity index (χ4v) is 0.402. The van der Waals surface area contributed by atoms with Crippen LogP contribution in [0.5, 0.6) is 0 Å². The molecule has 0 unspecified atom stereocenters. The Bertz CT molecular complexity index is 78.6. The first-order chi connectivity index (χ1) is 3.91. The molecule has 0 aromatic carbocycles. The van der Waals surface area contributed by atoms with Gasteiger partial charge in [-0.3, -0.25) is 0 Å². The van der Waals surface area contributed by atoms with Crippen LogP contribution in [0.25, 0.3) is 0 Å². The number of nitrogens with one attached hydrogen (secondary N) is 1. The zero-order valence-corrected chi connectivity index (χ0v) is 5.49. The molecule has 0 aliphatic rings. The number of hydrogen-bond acceptors (Lipinski definition) is 1. The summed E-state index contributed by atoms with van der Waals surface area (Å²) in [5.41, 5.74) is 1.50. The highest BCUT2D eigenvalue weighted by atomic mass is 35.5. The molecule has 0 radical (unpaired) electrons. The predicted molar refractivity (Wildman–Crippen MR) is 38.1 cm³/mol. The van der Waals surface area contributed by atoms with E-state index in [-0.39, 0.29) is 0 Å². The zero-order valence-electron chi connectivity index (χ0n) is 4.73. The van der Waals surface area contributed by atoms with Gasteiger partial charge in [-0.1, -0.05) is 23.8 Å². The minimum Gasteiger partial charge on any atom is -0.310 e. The number of rotatable bonds is 4. The molecule has 0 saturated heterocycles. The Morgan fingerprint density at radius 1 is 1.50 bits per heavy atom. The molecule has 1 nitrogen and oxygen atoms in total. The molecule has 0 atom stereocenters. The van der Waals surface area contributed by atoms with E-state index in [4.69, 9.17) is 11.6 Å². The molecule has 0 aliphatic heterocycles. The van der Waals surface area contributed by atoms with Crippen molar-refractivity contribution in [2.45, 2.75) is 0 Å². The Morgan fingerprint density at radius 3 is 2.75 bits per heavy atom. The molecule has 2 heteroatoms. The highest BCUT2D eigenvalue weighted by molar-refractivity contribution is 6.25. The van der Waals surface area contributed by atoms with Crippen LogP contribution in [-0.4, -0.2) is 13.1 Å². The van der Waals surface area contributed by atoms with Crippen molar-refractivity contribution in [3.8, 4) is 0 Å². The summed E-state index contributed by atoms with van der Waals surface area (Å²) in [7, 11) is 0. The molecule has 0 heterocycles. The van der Waals surface area contributed by atoms with Gasteiger partial charge in [0.15, 0.2) is 0 Å². The van der Waals surface area contributed by atoms with Crippen LogP contribution in [0.3, 0.4) is 0 Å². The average Bonchev–Trinajstić information content (AvgIpc) is 1.81. The Morgan fingerprint density at radius 2 is 2.25 bits per heavy atom. The summed E-state index contributed by atoms with van der Waals surface area (Å²) in [5.74, 6) is 0. The highest BCUT2D eigenvalue weighted by Gasteiger charge is 1.71. The van der Waals surface area contributed by atoms with Gasteiger partial charge in [0.1, 0.15) is 0 Å². The van der Waals surface area contributed by atoms with Crippen LogP contribution in [0, 0.1) is 0 Å². The maximum Gasteiger partial charge on any atom is 0.0149 e. The van der Waals surface area contributed by atoms with Crippen molar-refractivity contribution in [1.29, 1.82) is 0 Å². The minimum absolute atomic E-state index is 0.815. The van der Waals surface area contributed by atoms with Crippen molar-refractivity contribution in [3.05, 3.63) is 24.3 Å². The van der Waals surface area contributed by atoms with Crippen molar-refractivity contribution in [2.75, 3.05) is 13.1 Å². The van der Waals surface area contributed by atoms with E-state index in [1.165, 1.54) is 5.54 Å². The fraction of sp³-hybridized carbons (Fsp3) is 0.333. The summed E-state index contributed by atoms with van der Waals surface area (Å²) in [5, 5.41) is 3.05. The van der Waals surface area contributed by atoms with Crippen molar-refractivity contribution in [3.63, 3.8) is 0 Å². The monoisotopic (exact) mass is 131 g/mol. The first kappa shape index (κ1) is 7.73. The van der Waals surface area contributed by atoms with Gasteiger partial charge in [0.25, 0.3) is 0 Å². The molecule has 0 aromatic rings. The van der Waals surface area contributed by atoms with E-state index in [0.717, 1.165) is 13.1 Å². The van der Waals surface area contributed by atoms with Crippen molar-refractivity contribution in [2.24, 2.45) is 0 Å². The third kappa shape index (κ3) is 5.73. The summed E-state index contributed by atoms with van der Waals surface area (Å²) in [6.07, 6.45) is 3.65. The third-order valence-corrected chi connectivity index (χ3v) is 0.818. The van der Waals surface area contributed by atoms with Gasteiger partial charge >= 0.3 is 0 Å². The number of hydrogen-bond donors (Lipinski definition) is 1. The molecule has 0 saturated carbocycles. The van der Waals surface area contributed by atoms with Crippen molar-refractivity contribution >= 4 is 11.6 Å². The van der Waals surface area contributed by atoms with Gasteiger partial charge in [-0.15, -0.1) is 6.58 Å². The molecular formula is C6H10ClN. The van der Waals surface area contributed by atoms with Crippen LogP contribution in [0.2, 0.25) is 0 Å². The second-order valence-corrected chi connectivity index (χ2v) is 1.56. The molecule has 0 aliphatic carbocycles. The SMILES string of the molecule is C=CCNCC=CCl. The lowest BCUT2D eigenvalue weighted by Gasteiger charge is -1.90. The van der Waals surface area contributed by atoms with Crippen molar-refractivity contribution in [1.82, 2.24) is 5.32 Å². The maximum absolute atomic E-state index is 5.23. The fourth-order valence-electron chi connectivity index (χ4n) is 0.313. The lowest BCUT2D eigenvalue weighted by Crippen LogP contribution is -2.12. The van der Waals surface area contributed by atoms with E-state index in [1.807, 2.05) is 12.2 Å². The molecule has 8 heavy (non-hydrogen) atoms. The summed E-state index contributed by atoms with van der Waals surface area (Å²) in [6.45, 7) is 5.19. The summed E-state index contributed by atoms with van der Waals surface area (Å²) in [6, 6.07) is 0. The van der Waals surface area contributed by atoms with E-state index in [1.54, 1.807) is 0 Å². The maximum atomic E-state index is 5.23. The van der Waals surface area contributed by atoms with Crippen molar-refractivity contribution < 1.29 is 0 Å². The Labute approximate surface area is 55.0 Å². The summed E-state index contributed by atoms with van der Waals surface area (Å²) < 4.78 is 0. The standard InChI is InChI=1S/C6H10ClN/c1-2-5-8-6-3-4-7/h2-4,8H,1,5-6H2. The largest absolute Gasteiger partial charge is 0.310 e. The van der Waals surface area contributed by atoms with E-state index in [9.17, 15) is 0 Å². The summed E-state index contributed by atoms with van der Waals surface area (Å²) in [4.78, 5) is 0. The molecule has 1 N–H and O–H groups in total. The van der Waals surface area contributed by atoms with Gasteiger partial charge in [0.05, 0.1) is 0 Å². The van der Waals surface area contributed by atoms with Crippen LogP contribution < -0.4 is 5.32 Å². The number of halogens is 1. The normalized spacial score (nSPS) is 10.1. The lowest BCUT2D eigenvalue weighted by molar-refractivity contribution is 0.845. The van der Waals surface area contributed by atoms with Crippen LogP contribution >= 0.6 is 11.6 Å². The van der Waals surface area contributed by atoms with Crippen LogP contribution in [0.1, 0.15) is 0 Å². The molecule has 0 bridgehead atoms. The molecule has 0 rings (SSSR count). The van der Waals surface area contributed by atoms with Crippen LogP contribution in [0.15, 0.2) is 24.3 Å². The van der Waals surface area contributed by atoms with E-state index < -0.39 is 0 Å². The first-order valence-corrected chi connectivity index (χ1v) is 2.92. The smallest absolute Gasteiger partial charge is 0.0149 e. The van der Waals surface area contributed by atoms with Crippen LogP contribution in [-0.2, 0) is 0 Å². The predicted octanol–water partition coefficient (Wildman–Crippen LogP) is 1.51. The second kappa shape index (κ2) is 6.73. The lowest BCUT2D eigenvalue weighted by atomic mass is 10.5. The molecule has 46 valence electrons. The molecular weight excluding hydrogens is 122 g/mol. The Kier molecular flexibility index (Phi) is 6.50. The van der Waals surface area contributed by atoms with Gasteiger partial charge in [0.2, 0.25) is 0 Å².